The standard InChI is InChI=1S/C22H23N5O2/c28-21(18-4-2-1-3-5-18)25-20-10-12-26(13-11-20)22(29)19-8-6-17(7-9-19)14-27-16-23-15-24-27/h1-9,15-16,20H,10-14H2,(H,25,28). The Hall–Kier alpha value is -3.48. The summed E-state index contributed by atoms with van der Waals surface area (Å²) < 4.78 is 1.74. The molecule has 2 aromatic carbocycles. The number of hydrogen-bond acceptors (Lipinski definition) is 4. The van der Waals surface area contributed by atoms with Crippen LogP contribution in [-0.2, 0) is 6.54 Å². The van der Waals surface area contributed by atoms with Crippen LogP contribution < -0.4 is 5.32 Å². The third-order valence-corrected chi connectivity index (χ3v) is 5.17. The average Bonchev–Trinajstić information content (AvgIpc) is 3.28. The third-order valence-electron chi connectivity index (χ3n) is 5.17. The fourth-order valence-corrected chi connectivity index (χ4v) is 3.52. The summed E-state index contributed by atoms with van der Waals surface area (Å²) in [5.74, 6) is -0.0245. The second-order valence-electron chi connectivity index (χ2n) is 7.20. The first-order valence-electron chi connectivity index (χ1n) is 9.75. The number of nitrogens with one attached hydrogen (secondary N) is 1. The molecule has 2 heterocycles. The molecule has 1 aromatic heterocycles. The molecule has 1 aliphatic heterocycles. The highest BCUT2D eigenvalue weighted by molar-refractivity contribution is 5.95. The van der Waals surface area contributed by atoms with Gasteiger partial charge >= 0.3 is 0 Å². The van der Waals surface area contributed by atoms with Crippen molar-refractivity contribution < 1.29 is 9.59 Å². The summed E-state index contributed by atoms with van der Waals surface area (Å²) in [6, 6.07) is 16.9. The summed E-state index contributed by atoms with van der Waals surface area (Å²) >= 11 is 0. The van der Waals surface area contributed by atoms with Crippen LogP contribution >= 0.6 is 0 Å². The lowest BCUT2D eigenvalue weighted by molar-refractivity contribution is 0.0698. The van der Waals surface area contributed by atoms with Crippen LogP contribution in [0, 0.1) is 0 Å². The Balaban J connectivity index is 1.29. The van der Waals surface area contributed by atoms with E-state index in [0.717, 1.165) is 18.4 Å². The number of amides is 2. The molecule has 0 radical (unpaired) electrons. The predicted molar refractivity (Wildman–Crippen MR) is 108 cm³/mol. The van der Waals surface area contributed by atoms with Gasteiger partial charge in [-0.25, -0.2) is 9.67 Å². The minimum absolute atomic E-state index is 0.0325. The van der Waals surface area contributed by atoms with Crippen molar-refractivity contribution in [3.05, 3.63) is 83.9 Å². The summed E-state index contributed by atoms with van der Waals surface area (Å²) in [5, 5.41) is 7.16. The maximum atomic E-state index is 12.8. The van der Waals surface area contributed by atoms with Crippen molar-refractivity contribution in [1.29, 1.82) is 0 Å². The molecule has 0 bridgehead atoms. The maximum Gasteiger partial charge on any atom is 0.253 e. The van der Waals surface area contributed by atoms with Crippen molar-refractivity contribution in [3.63, 3.8) is 0 Å². The van der Waals surface area contributed by atoms with E-state index in [1.54, 1.807) is 23.1 Å². The number of nitrogens with zero attached hydrogens (tertiary/aromatic N) is 4. The van der Waals surface area contributed by atoms with Gasteiger partial charge in [0, 0.05) is 30.3 Å². The Morgan fingerprint density at radius 1 is 0.966 bits per heavy atom. The summed E-state index contributed by atoms with van der Waals surface area (Å²) in [4.78, 5) is 30.9. The molecule has 29 heavy (non-hydrogen) atoms. The molecule has 7 heteroatoms. The largest absolute Gasteiger partial charge is 0.349 e. The Labute approximate surface area is 169 Å². The van der Waals surface area contributed by atoms with Crippen molar-refractivity contribution in [1.82, 2.24) is 25.0 Å². The van der Waals surface area contributed by atoms with Crippen LogP contribution in [0.3, 0.4) is 0 Å². The van der Waals surface area contributed by atoms with Gasteiger partial charge in [-0.2, -0.15) is 5.10 Å². The maximum absolute atomic E-state index is 12.8. The van der Waals surface area contributed by atoms with Gasteiger partial charge in [-0.3, -0.25) is 9.59 Å². The molecule has 0 unspecified atom stereocenters. The number of likely N-dealkylation sites (tertiary alicyclic amines) is 1. The van der Waals surface area contributed by atoms with E-state index < -0.39 is 0 Å². The van der Waals surface area contributed by atoms with Crippen molar-refractivity contribution in [3.8, 4) is 0 Å². The predicted octanol–water partition coefficient (Wildman–Crippen LogP) is 2.36. The summed E-state index contributed by atoms with van der Waals surface area (Å²) in [5.41, 5.74) is 2.41. The minimum Gasteiger partial charge on any atom is -0.349 e. The average molecular weight is 389 g/mol. The van der Waals surface area contributed by atoms with Crippen molar-refractivity contribution in [2.24, 2.45) is 0 Å². The molecule has 1 fully saturated rings. The quantitative estimate of drug-likeness (QED) is 0.726. The Morgan fingerprint density at radius 3 is 2.34 bits per heavy atom. The number of aromatic nitrogens is 3. The van der Waals surface area contributed by atoms with E-state index in [1.807, 2.05) is 47.4 Å². The van der Waals surface area contributed by atoms with E-state index >= 15 is 0 Å². The van der Waals surface area contributed by atoms with Crippen LogP contribution in [-0.4, -0.2) is 50.6 Å². The third kappa shape index (κ3) is 4.68. The molecule has 2 amide bonds. The lowest BCUT2D eigenvalue weighted by Gasteiger charge is -2.32. The molecule has 7 nitrogen and oxygen atoms in total. The molecule has 0 saturated carbocycles. The topological polar surface area (TPSA) is 80.1 Å². The zero-order chi connectivity index (χ0) is 20.1. The molecule has 1 N–H and O–H groups in total. The Morgan fingerprint density at radius 2 is 1.69 bits per heavy atom. The molecule has 0 atom stereocenters. The Bertz CT molecular complexity index is 947. The second-order valence-corrected chi connectivity index (χ2v) is 7.20. The van der Waals surface area contributed by atoms with Gasteiger partial charge in [0.2, 0.25) is 0 Å². The first kappa shape index (κ1) is 18.9. The van der Waals surface area contributed by atoms with Crippen molar-refractivity contribution in [2.45, 2.75) is 25.4 Å². The normalized spacial score (nSPS) is 14.6. The van der Waals surface area contributed by atoms with Gasteiger partial charge in [0.25, 0.3) is 11.8 Å². The molecule has 1 saturated heterocycles. The summed E-state index contributed by atoms with van der Waals surface area (Å²) in [6.45, 7) is 1.90. The van der Waals surface area contributed by atoms with Gasteiger partial charge < -0.3 is 10.2 Å². The van der Waals surface area contributed by atoms with Gasteiger partial charge in [0.05, 0.1) is 6.54 Å². The Kier molecular flexibility index (Phi) is 5.65. The van der Waals surface area contributed by atoms with Gasteiger partial charge in [-0.05, 0) is 42.7 Å². The molecule has 148 valence electrons. The van der Waals surface area contributed by atoms with Gasteiger partial charge in [0.15, 0.2) is 0 Å². The highest BCUT2D eigenvalue weighted by Crippen LogP contribution is 2.15. The number of carbonyl (C=O) groups is 2. The fourth-order valence-electron chi connectivity index (χ4n) is 3.52. The van der Waals surface area contributed by atoms with Gasteiger partial charge in [-0.1, -0.05) is 30.3 Å². The van der Waals surface area contributed by atoms with Crippen LogP contribution in [0.15, 0.2) is 67.3 Å². The number of benzene rings is 2. The van der Waals surface area contributed by atoms with Crippen LogP contribution in [0.5, 0.6) is 0 Å². The van der Waals surface area contributed by atoms with Crippen LogP contribution in [0.4, 0.5) is 0 Å². The SMILES string of the molecule is O=C(NC1CCN(C(=O)c2ccc(Cn3cncn3)cc2)CC1)c1ccccc1. The fraction of sp³-hybridized carbons (Fsp3) is 0.273. The number of carbonyl (C=O) groups excluding carboxylic acids is 2. The van der Waals surface area contributed by atoms with Crippen LogP contribution in [0.25, 0.3) is 0 Å². The summed E-state index contributed by atoms with van der Waals surface area (Å²) in [6.07, 6.45) is 4.69. The number of rotatable bonds is 5. The van der Waals surface area contributed by atoms with Gasteiger partial charge in [0.1, 0.15) is 12.7 Å². The van der Waals surface area contributed by atoms with E-state index in [9.17, 15) is 9.59 Å². The lowest BCUT2D eigenvalue weighted by Crippen LogP contribution is -2.46. The van der Waals surface area contributed by atoms with E-state index in [0.29, 0.717) is 30.8 Å². The highest BCUT2D eigenvalue weighted by Gasteiger charge is 2.24. The first-order valence-corrected chi connectivity index (χ1v) is 9.75. The van der Waals surface area contributed by atoms with Crippen molar-refractivity contribution in [2.75, 3.05) is 13.1 Å². The van der Waals surface area contributed by atoms with Crippen LogP contribution in [0.2, 0.25) is 0 Å². The van der Waals surface area contributed by atoms with Gasteiger partial charge in [-0.15, -0.1) is 0 Å². The molecular weight excluding hydrogens is 366 g/mol. The molecule has 1 aliphatic rings. The molecule has 4 rings (SSSR count). The van der Waals surface area contributed by atoms with E-state index in [2.05, 4.69) is 15.4 Å². The zero-order valence-electron chi connectivity index (χ0n) is 16.1. The monoisotopic (exact) mass is 389 g/mol. The molecule has 3 aromatic rings. The van der Waals surface area contributed by atoms with E-state index in [4.69, 9.17) is 0 Å². The van der Waals surface area contributed by atoms with E-state index in [-0.39, 0.29) is 17.9 Å². The minimum atomic E-state index is -0.0571. The van der Waals surface area contributed by atoms with E-state index in [1.165, 1.54) is 6.33 Å². The molecule has 0 aliphatic carbocycles. The number of piperidine rings is 1. The zero-order valence-corrected chi connectivity index (χ0v) is 16.1. The smallest absolute Gasteiger partial charge is 0.253 e. The molecule has 0 spiro atoms. The first-order chi connectivity index (χ1) is 14.2. The van der Waals surface area contributed by atoms with Crippen molar-refractivity contribution >= 4 is 11.8 Å². The summed E-state index contributed by atoms with van der Waals surface area (Å²) in [7, 11) is 0. The van der Waals surface area contributed by atoms with Crippen LogP contribution in [0.1, 0.15) is 39.1 Å². The highest BCUT2D eigenvalue weighted by atomic mass is 16.2. The molecular formula is C22H23N5O2. The lowest BCUT2D eigenvalue weighted by atomic mass is 10.0. The second kappa shape index (κ2) is 8.68. The number of hydrogen-bond donors (Lipinski definition) is 1.